The molecule has 0 saturated heterocycles. The van der Waals surface area contributed by atoms with Gasteiger partial charge in [-0.15, -0.1) is 11.6 Å². The number of benzene rings is 1. The zero-order valence-electron chi connectivity index (χ0n) is 11.5. The van der Waals surface area contributed by atoms with Gasteiger partial charge >= 0.3 is 0 Å². The lowest BCUT2D eigenvalue weighted by atomic mass is 10.1. The summed E-state index contributed by atoms with van der Waals surface area (Å²) < 4.78 is 5.21. The van der Waals surface area contributed by atoms with Crippen LogP contribution < -0.4 is 10.6 Å². The van der Waals surface area contributed by atoms with Crippen LogP contribution in [0.5, 0.6) is 0 Å². The van der Waals surface area contributed by atoms with E-state index in [9.17, 15) is 9.59 Å². The van der Waals surface area contributed by atoms with Gasteiger partial charge in [-0.2, -0.15) is 0 Å². The molecular formula is C15H14Cl2N2O3. The first-order valence-electron chi connectivity index (χ1n) is 6.52. The van der Waals surface area contributed by atoms with E-state index in [0.29, 0.717) is 16.5 Å². The SMILES string of the molecule is O=C(CCl)NC(Cc1ccco1)C(=O)Nc1ccc(Cl)cc1. The van der Waals surface area contributed by atoms with Gasteiger partial charge in [0.2, 0.25) is 11.8 Å². The second-order valence-electron chi connectivity index (χ2n) is 4.53. The highest BCUT2D eigenvalue weighted by Gasteiger charge is 2.22. The van der Waals surface area contributed by atoms with Crippen LogP contribution in [0.4, 0.5) is 5.69 Å². The Hall–Kier alpha value is -1.98. The Bertz CT molecular complexity index is 627. The van der Waals surface area contributed by atoms with Gasteiger partial charge in [0.25, 0.3) is 0 Å². The molecule has 0 radical (unpaired) electrons. The molecule has 0 fully saturated rings. The van der Waals surface area contributed by atoms with E-state index in [-0.39, 0.29) is 18.2 Å². The maximum Gasteiger partial charge on any atom is 0.247 e. The fourth-order valence-corrected chi connectivity index (χ4v) is 2.04. The van der Waals surface area contributed by atoms with Crippen LogP contribution in [0.15, 0.2) is 47.1 Å². The molecule has 1 aromatic heterocycles. The number of carbonyl (C=O) groups is 2. The third kappa shape index (κ3) is 4.79. The standard InChI is InChI=1S/C15H14Cl2N2O3/c16-9-14(20)19-13(8-12-2-1-7-22-12)15(21)18-11-5-3-10(17)4-6-11/h1-7,13H,8-9H2,(H,18,21)(H,19,20). The van der Waals surface area contributed by atoms with Crippen LogP contribution in [0, 0.1) is 0 Å². The molecule has 2 rings (SSSR count). The first-order chi connectivity index (χ1) is 10.6. The number of rotatable bonds is 6. The second kappa shape index (κ2) is 7.87. The van der Waals surface area contributed by atoms with Crippen LogP contribution in [0.25, 0.3) is 0 Å². The van der Waals surface area contributed by atoms with Crippen LogP contribution >= 0.6 is 23.2 Å². The minimum absolute atomic E-state index is 0.219. The van der Waals surface area contributed by atoms with E-state index >= 15 is 0 Å². The van der Waals surface area contributed by atoms with Gasteiger partial charge in [-0.05, 0) is 36.4 Å². The van der Waals surface area contributed by atoms with Crippen molar-refractivity contribution in [3.05, 3.63) is 53.4 Å². The Labute approximate surface area is 137 Å². The Morgan fingerprint density at radius 2 is 1.91 bits per heavy atom. The molecule has 2 aromatic rings. The lowest BCUT2D eigenvalue weighted by molar-refractivity contribution is -0.125. The molecule has 0 spiro atoms. The van der Waals surface area contributed by atoms with Gasteiger partial charge in [0, 0.05) is 17.1 Å². The van der Waals surface area contributed by atoms with Crippen molar-refractivity contribution in [1.82, 2.24) is 5.32 Å². The molecule has 0 bridgehead atoms. The van der Waals surface area contributed by atoms with E-state index in [1.165, 1.54) is 6.26 Å². The molecule has 5 nitrogen and oxygen atoms in total. The molecule has 0 aliphatic rings. The van der Waals surface area contributed by atoms with Crippen molar-refractivity contribution in [3.63, 3.8) is 0 Å². The van der Waals surface area contributed by atoms with E-state index in [1.54, 1.807) is 36.4 Å². The van der Waals surface area contributed by atoms with Crippen LogP contribution in [-0.4, -0.2) is 23.7 Å². The molecule has 22 heavy (non-hydrogen) atoms. The normalized spacial score (nSPS) is 11.7. The second-order valence-corrected chi connectivity index (χ2v) is 5.24. The number of nitrogens with one attached hydrogen (secondary N) is 2. The van der Waals surface area contributed by atoms with Crippen molar-refractivity contribution >= 4 is 40.7 Å². The number of halogens is 2. The summed E-state index contributed by atoms with van der Waals surface area (Å²) in [6, 6.07) is 9.34. The molecule has 1 unspecified atom stereocenters. The van der Waals surface area contributed by atoms with Crippen molar-refractivity contribution in [2.75, 3.05) is 11.2 Å². The Morgan fingerprint density at radius 3 is 2.50 bits per heavy atom. The minimum atomic E-state index is -0.784. The predicted octanol–water partition coefficient (Wildman–Crippen LogP) is 2.84. The van der Waals surface area contributed by atoms with Gasteiger partial charge in [0.1, 0.15) is 17.7 Å². The largest absolute Gasteiger partial charge is 0.469 e. The summed E-state index contributed by atoms with van der Waals surface area (Å²) in [5, 5.41) is 5.85. The third-order valence-electron chi connectivity index (χ3n) is 2.87. The first kappa shape index (κ1) is 16.4. The highest BCUT2D eigenvalue weighted by atomic mass is 35.5. The lowest BCUT2D eigenvalue weighted by Crippen LogP contribution is -2.45. The summed E-state index contributed by atoms with van der Waals surface area (Å²) in [7, 11) is 0. The predicted molar refractivity (Wildman–Crippen MR) is 85.1 cm³/mol. The number of hydrogen-bond donors (Lipinski definition) is 2. The smallest absolute Gasteiger partial charge is 0.247 e. The van der Waals surface area contributed by atoms with Gasteiger partial charge in [-0.25, -0.2) is 0 Å². The van der Waals surface area contributed by atoms with Gasteiger partial charge in [-0.1, -0.05) is 11.6 Å². The number of anilines is 1. The number of furan rings is 1. The third-order valence-corrected chi connectivity index (χ3v) is 3.36. The average Bonchev–Trinajstić information content (AvgIpc) is 3.01. The summed E-state index contributed by atoms with van der Waals surface area (Å²) in [5.74, 6) is -0.420. The van der Waals surface area contributed by atoms with E-state index in [4.69, 9.17) is 27.6 Å². The van der Waals surface area contributed by atoms with Crippen LogP contribution in [-0.2, 0) is 16.0 Å². The van der Waals surface area contributed by atoms with Crippen molar-refractivity contribution in [1.29, 1.82) is 0 Å². The average molecular weight is 341 g/mol. The van der Waals surface area contributed by atoms with Crippen molar-refractivity contribution < 1.29 is 14.0 Å². The molecular weight excluding hydrogens is 327 g/mol. The van der Waals surface area contributed by atoms with E-state index in [2.05, 4.69) is 10.6 Å². The minimum Gasteiger partial charge on any atom is -0.469 e. The molecule has 0 saturated carbocycles. The molecule has 1 aromatic carbocycles. The van der Waals surface area contributed by atoms with E-state index < -0.39 is 11.9 Å². The summed E-state index contributed by atoms with van der Waals surface area (Å²) in [6.07, 6.45) is 1.74. The Kier molecular flexibility index (Phi) is 5.86. The van der Waals surface area contributed by atoms with E-state index in [0.717, 1.165) is 0 Å². The number of amides is 2. The Morgan fingerprint density at radius 1 is 1.18 bits per heavy atom. The molecule has 0 aliphatic carbocycles. The van der Waals surface area contributed by atoms with E-state index in [1.807, 2.05) is 0 Å². The maximum absolute atomic E-state index is 12.3. The monoisotopic (exact) mass is 340 g/mol. The molecule has 1 heterocycles. The quantitative estimate of drug-likeness (QED) is 0.794. The number of carbonyl (C=O) groups excluding carboxylic acids is 2. The maximum atomic E-state index is 12.3. The number of hydrogen-bond acceptors (Lipinski definition) is 3. The fraction of sp³-hybridized carbons (Fsp3) is 0.200. The van der Waals surface area contributed by atoms with Gasteiger partial charge in [0.05, 0.1) is 6.26 Å². The zero-order chi connectivity index (χ0) is 15.9. The summed E-state index contributed by atoms with van der Waals surface area (Å²) in [6.45, 7) is 0. The molecule has 116 valence electrons. The van der Waals surface area contributed by atoms with Gasteiger partial charge in [-0.3, -0.25) is 9.59 Å². The molecule has 0 aliphatic heterocycles. The number of alkyl halides is 1. The summed E-state index contributed by atoms with van der Waals surface area (Å²) in [5.41, 5.74) is 0.582. The highest BCUT2D eigenvalue weighted by Crippen LogP contribution is 2.14. The molecule has 7 heteroatoms. The summed E-state index contributed by atoms with van der Waals surface area (Å²) in [4.78, 5) is 23.8. The molecule has 2 amide bonds. The fourth-order valence-electron chi connectivity index (χ4n) is 1.83. The topological polar surface area (TPSA) is 71.3 Å². The molecule has 1 atom stereocenters. The van der Waals surface area contributed by atoms with Crippen molar-refractivity contribution in [2.24, 2.45) is 0 Å². The van der Waals surface area contributed by atoms with Gasteiger partial charge < -0.3 is 15.1 Å². The van der Waals surface area contributed by atoms with Crippen molar-refractivity contribution in [2.45, 2.75) is 12.5 Å². The van der Waals surface area contributed by atoms with Crippen LogP contribution in [0.2, 0.25) is 5.02 Å². The van der Waals surface area contributed by atoms with Crippen molar-refractivity contribution in [3.8, 4) is 0 Å². The molecule has 2 N–H and O–H groups in total. The lowest BCUT2D eigenvalue weighted by Gasteiger charge is -2.17. The highest BCUT2D eigenvalue weighted by molar-refractivity contribution is 6.30. The van der Waals surface area contributed by atoms with Crippen LogP contribution in [0.1, 0.15) is 5.76 Å². The van der Waals surface area contributed by atoms with Gasteiger partial charge in [0.15, 0.2) is 0 Å². The first-order valence-corrected chi connectivity index (χ1v) is 7.44. The Balaban J connectivity index is 2.07. The zero-order valence-corrected chi connectivity index (χ0v) is 13.0. The van der Waals surface area contributed by atoms with Crippen LogP contribution in [0.3, 0.4) is 0 Å². The summed E-state index contributed by atoms with van der Waals surface area (Å²) >= 11 is 11.3.